The molecule has 0 radical (unpaired) electrons. The molecule has 2 rings (SSSR count). The van der Waals surface area contributed by atoms with Gasteiger partial charge in [-0.15, -0.1) is 0 Å². The van der Waals surface area contributed by atoms with Gasteiger partial charge in [-0.1, -0.05) is 30.0 Å². The molecule has 8 heteroatoms. The summed E-state index contributed by atoms with van der Waals surface area (Å²) in [5.74, 6) is -0.421. The maximum absolute atomic E-state index is 13.1. The molecule has 4 nitrogen and oxygen atoms in total. The zero-order valence-corrected chi connectivity index (χ0v) is 14.5. The Morgan fingerprint density at radius 1 is 1.29 bits per heavy atom. The number of rotatable bonds is 3. The number of hydrogen-bond acceptors (Lipinski definition) is 4. The molecule has 1 saturated heterocycles. The summed E-state index contributed by atoms with van der Waals surface area (Å²) in [6, 6.07) is 4.42. The van der Waals surface area contributed by atoms with Crippen molar-refractivity contribution in [2.75, 3.05) is 0 Å². The number of hydrogen-bond donors (Lipinski definition) is 2. The van der Waals surface area contributed by atoms with E-state index >= 15 is 0 Å². The van der Waals surface area contributed by atoms with Gasteiger partial charge in [0, 0.05) is 0 Å². The molecule has 0 aliphatic carbocycles. The Morgan fingerprint density at radius 3 is 2.38 bits per heavy atom. The zero-order chi connectivity index (χ0) is 18.3. The quantitative estimate of drug-likeness (QED) is 0.867. The summed E-state index contributed by atoms with van der Waals surface area (Å²) in [5.41, 5.74) is -2.03. The fourth-order valence-corrected chi connectivity index (χ4v) is 3.44. The molecule has 1 unspecified atom stereocenters. The van der Waals surface area contributed by atoms with E-state index in [0.717, 1.165) is 17.8 Å². The van der Waals surface area contributed by atoms with Gasteiger partial charge in [0.1, 0.15) is 4.75 Å². The minimum atomic E-state index is -4.47. The van der Waals surface area contributed by atoms with Crippen LogP contribution in [0.5, 0.6) is 0 Å². The summed E-state index contributed by atoms with van der Waals surface area (Å²) < 4.78 is 38.2. The number of nitrogens with one attached hydrogen (secondary N) is 1. The first-order valence-corrected chi connectivity index (χ1v) is 8.14. The van der Waals surface area contributed by atoms with E-state index in [4.69, 9.17) is 0 Å². The zero-order valence-electron chi connectivity index (χ0n) is 13.7. The maximum atomic E-state index is 13.1. The Labute approximate surface area is 142 Å². The Hall–Kier alpha value is -1.54. The second kappa shape index (κ2) is 6.07. The van der Waals surface area contributed by atoms with Crippen molar-refractivity contribution in [3.63, 3.8) is 0 Å². The molecule has 2 N–H and O–H groups in total. The predicted octanol–water partition coefficient (Wildman–Crippen LogP) is 3.52. The van der Waals surface area contributed by atoms with Crippen LogP contribution in [-0.4, -0.2) is 26.5 Å². The molecule has 0 bridgehead atoms. The molecule has 1 aliphatic heterocycles. The molecule has 1 aromatic rings. The summed E-state index contributed by atoms with van der Waals surface area (Å²) in [7, 11) is 0. The van der Waals surface area contributed by atoms with Crippen LogP contribution in [-0.2, 0) is 11.0 Å². The lowest BCUT2D eigenvalue weighted by atomic mass is 9.91. The lowest BCUT2D eigenvalue weighted by Gasteiger charge is -2.32. The molecule has 2 atom stereocenters. The average molecular weight is 360 g/mol. The fraction of sp³-hybridized carbons (Fsp3) is 0.500. The normalized spacial score (nSPS) is 25.0. The van der Waals surface area contributed by atoms with E-state index in [0.29, 0.717) is 0 Å². The largest absolute Gasteiger partial charge is 0.416 e. The number of amides is 1. The molecular formula is C16H19F3N2O2S. The van der Waals surface area contributed by atoms with E-state index in [1.165, 1.54) is 39.0 Å². The highest BCUT2D eigenvalue weighted by molar-refractivity contribution is 8.16. The lowest BCUT2D eigenvalue weighted by Crippen LogP contribution is -2.50. The van der Waals surface area contributed by atoms with Crippen molar-refractivity contribution in [1.82, 2.24) is 5.32 Å². The number of benzene rings is 1. The van der Waals surface area contributed by atoms with Crippen molar-refractivity contribution in [1.29, 1.82) is 0 Å². The van der Waals surface area contributed by atoms with Gasteiger partial charge >= 0.3 is 6.18 Å². The second-order valence-electron chi connectivity index (χ2n) is 6.34. The van der Waals surface area contributed by atoms with Crippen LogP contribution in [0.1, 0.15) is 44.9 Å². The van der Waals surface area contributed by atoms with Crippen LogP contribution in [0.4, 0.5) is 13.2 Å². The third-order valence-corrected chi connectivity index (χ3v) is 5.64. The van der Waals surface area contributed by atoms with Crippen LogP contribution in [0.2, 0.25) is 0 Å². The summed E-state index contributed by atoms with van der Waals surface area (Å²) in [5, 5.41) is 12.9. The molecule has 1 heterocycles. The highest BCUT2D eigenvalue weighted by Crippen LogP contribution is 2.42. The minimum Gasteiger partial charge on any atom is -0.388 e. The van der Waals surface area contributed by atoms with Gasteiger partial charge in [0.05, 0.1) is 17.2 Å². The van der Waals surface area contributed by atoms with Crippen LogP contribution in [0.25, 0.3) is 0 Å². The summed E-state index contributed by atoms with van der Waals surface area (Å²) in [6.07, 6.45) is -4.47. The van der Waals surface area contributed by atoms with Gasteiger partial charge in [-0.2, -0.15) is 13.2 Å². The van der Waals surface area contributed by atoms with Crippen molar-refractivity contribution in [3.8, 4) is 0 Å². The molecule has 24 heavy (non-hydrogen) atoms. The van der Waals surface area contributed by atoms with Crippen molar-refractivity contribution in [2.45, 2.75) is 50.3 Å². The topological polar surface area (TPSA) is 61.7 Å². The molecule has 132 valence electrons. The minimum absolute atomic E-state index is 0.0317. The third kappa shape index (κ3) is 3.44. The monoisotopic (exact) mass is 360 g/mol. The van der Waals surface area contributed by atoms with Crippen LogP contribution < -0.4 is 5.32 Å². The SMILES string of the molecule is CC(N=C1NC(=O)[C@](C)(C(C)(C)O)S1)c1ccccc1C(F)(F)F. The van der Waals surface area contributed by atoms with Crippen molar-refractivity contribution >= 4 is 22.8 Å². The molecule has 1 amide bonds. The number of thioether (sulfide) groups is 1. The maximum Gasteiger partial charge on any atom is 0.416 e. The number of alkyl halides is 3. The molecule has 1 fully saturated rings. The number of carbonyl (C=O) groups excluding carboxylic acids is 1. The van der Waals surface area contributed by atoms with Gasteiger partial charge in [0.2, 0.25) is 5.91 Å². The fourth-order valence-electron chi connectivity index (χ4n) is 2.31. The van der Waals surface area contributed by atoms with E-state index in [1.54, 1.807) is 6.92 Å². The van der Waals surface area contributed by atoms with Gasteiger partial charge in [0.25, 0.3) is 0 Å². The van der Waals surface area contributed by atoms with Gasteiger partial charge in [-0.05, 0) is 39.3 Å². The number of aliphatic hydroxyl groups is 1. The highest BCUT2D eigenvalue weighted by atomic mass is 32.2. The molecule has 0 spiro atoms. The van der Waals surface area contributed by atoms with Crippen molar-refractivity contribution in [3.05, 3.63) is 35.4 Å². The number of aliphatic imine (C=N–C) groups is 1. The van der Waals surface area contributed by atoms with E-state index < -0.39 is 34.0 Å². The first kappa shape index (κ1) is 18.8. The second-order valence-corrected chi connectivity index (χ2v) is 7.75. The summed E-state index contributed by atoms with van der Waals surface area (Å²) >= 11 is 1.02. The molecule has 1 aromatic carbocycles. The molecular weight excluding hydrogens is 341 g/mol. The number of halogens is 3. The molecule has 0 saturated carbocycles. The van der Waals surface area contributed by atoms with E-state index in [1.807, 2.05) is 0 Å². The van der Waals surface area contributed by atoms with Gasteiger partial charge < -0.3 is 10.4 Å². The number of nitrogens with zero attached hydrogens (tertiary/aromatic N) is 1. The predicted molar refractivity (Wildman–Crippen MR) is 87.7 cm³/mol. The van der Waals surface area contributed by atoms with Crippen LogP contribution in [0.15, 0.2) is 29.3 Å². The van der Waals surface area contributed by atoms with Crippen molar-refractivity contribution < 1.29 is 23.1 Å². The standard InChI is InChI=1S/C16H19F3N2O2S/c1-9(10-7-5-6-8-11(10)16(17,18)19)20-13-21-12(22)15(4,24-13)14(2,3)23/h5-9,23H,1-4H3,(H,20,21,22)/t9?,15-/m1/s1. The smallest absolute Gasteiger partial charge is 0.388 e. The number of carbonyl (C=O) groups is 1. The van der Waals surface area contributed by atoms with Crippen LogP contribution in [0, 0.1) is 0 Å². The molecule has 1 aliphatic rings. The Morgan fingerprint density at radius 2 is 1.88 bits per heavy atom. The Kier molecular flexibility index (Phi) is 4.76. The van der Waals surface area contributed by atoms with Crippen LogP contribution in [0.3, 0.4) is 0 Å². The van der Waals surface area contributed by atoms with Gasteiger partial charge in [-0.25, -0.2) is 0 Å². The van der Waals surface area contributed by atoms with Crippen molar-refractivity contribution in [2.24, 2.45) is 4.99 Å². The van der Waals surface area contributed by atoms with E-state index in [9.17, 15) is 23.1 Å². The Bertz CT molecular complexity index is 683. The van der Waals surface area contributed by atoms with Crippen LogP contribution >= 0.6 is 11.8 Å². The first-order valence-electron chi connectivity index (χ1n) is 7.33. The summed E-state index contributed by atoms with van der Waals surface area (Å²) in [4.78, 5) is 16.4. The van der Waals surface area contributed by atoms with E-state index in [-0.39, 0.29) is 10.7 Å². The summed E-state index contributed by atoms with van der Waals surface area (Å²) in [6.45, 7) is 6.11. The third-order valence-electron chi connectivity index (χ3n) is 4.15. The van der Waals surface area contributed by atoms with Gasteiger partial charge in [0.15, 0.2) is 5.17 Å². The number of amidine groups is 1. The highest BCUT2D eigenvalue weighted by Gasteiger charge is 2.52. The molecule has 0 aromatic heterocycles. The average Bonchev–Trinajstić information content (AvgIpc) is 2.73. The van der Waals surface area contributed by atoms with Gasteiger partial charge in [-0.3, -0.25) is 9.79 Å². The first-order chi connectivity index (χ1) is 10.9. The Balaban J connectivity index is 2.33. The van der Waals surface area contributed by atoms with E-state index in [2.05, 4.69) is 10.3 Å². The lowest BCUT2D eigenvalue weighted by molar-refractivity contribution is -0.138.